The lowest BCUT2D eigenvalue weighted by Gasteiger charge is -2.43. The van der Waals surface area contributed by atoms with Crippen LogP contribution in [0.25, 0.3) is 11.1 Å². The van der Waals surface area contributed by atoms with Crippen LogP contribution in [0.2, 0.25) is 0 Å². The van der Waals surface area contributed by atoms with E-state index in [-0.39, 0.29) is 5.91 Å². The van der Waals surface area contributed by atoms with Crippen LogP contribution < -0.4 is 4.90 Å². The third-order valence-corrected chi connectivity index (χ3v) is 7.87. The lowest BCUT2D eigenvalue weighted by Crippen LogP contribution is -2.47. The number of anilines is 1. The minimum Gasteiger partial charge on any atom is -0.297 e. The molecule has 126 valence electrons. The van der Waals surface area contributed by atoms with Gasteiger partial charge in [-0.15, -0.1) is 0 Å². The second-order valence-electron chi connectivity index (χ2n) is 6.61. The Labute approximate surface area is 159 Å². The van der Waals surface area contributed by atoms with E-state index in [2.05, 4.69) is 31.8 Å². The summed E-state index contributed by atoms with van der Waals surface area (Å²) in [6.07, 6.45) is 3.31. The van der Waals surface area contributed by atoms with Gasteiger partial charge < -0.3 is 0 Å². The summed E-state index contributed by atoms with van der Waals surface area (Å²) in [6, 6.07) is 9.73. The van der Waals surface area contributed by atoms with Crippen LogP contribution in [0.5, 0.6) is 0 Å². The zero-order valence-electron chi connectivity index (χ0n) is 14.1. The lowest BCUT2D eigenvalue weighted by atomic mass is 9.86. The topological polar surface area (TPSA) is 33.2 Å². The smallest absolute Gasteiger partial charge is 0.259 e. The molecule has 6 heteroatoms. The number of benzene rings is 1. The molecule has 0 spiro atoms. The highest BCUT2D eigenvalue weighted by atomic mass is 32.9. The van der Waals surface area contributed by atoms with Crippen molar-refractivity contribution in [2.24, 2.45) is 0 Å². The van der Waals surface area contributed by atoms with E-state index in [9.17, 15) is 4.79 Å². The van der Waals surface area contributed by atoms with Crippen molar-refractivity contribution in [1.29, 1.82) is 0 Å². The van der Waals surface area contributed by atoms with Gasteiger partial charge in [-0.25, -0.2) is 0 Å². The summed E-state index contributed by atoms with van der Waals surface area (Å²) < 4.78 is 0.899. The largest absolute Gasteiger partial charge is 0.297 e. The minimum absolute atomic E-state index is 0.0209. The Kier molecular flexibility index (Phi) is 3.86. The molecule has 1 aromatic carbocycles. The van der Waals surface area contributed by atoms with Gasteiger partial charge in [0, 0.05) is 29.1 Å². The van der Waals surface area contributed by atoms with Gasteiger partial charge in [-0.1, -0.05) is 44.5 Å². The van der Waals surface area contributed by atoms with Crippen molar-refractivity contribution < 1.29 is 4.79 Å². The molecule has 0 fully saturated rings. The highest BCUT2D eigenvalue weighted by Gasteiger charge is 2.43. The highest BCUT2D eigenvalue weighted by Crippen LogP contribution is 2.52. The molecule has 3 heterocycles. The summed E-state index contributed by atoms with van der Waals surface area (Å²) in [5.74, 6) is -0.0209. The average Bonchev–Trinajstić information content (AvgIpc) is 2.99. The number of nitrogens with zero attached hydrogens (tertiary/aromatic N) is 2. The summed E-state index contributed by atoms with van der Waals surface area (Å²) in [5.41, 5.74) is 4.42. The van der Waals surface area contributed by atoms with Crippen LogP contribution in [0.4, 0.5) is 5.69 Å². The first-order valence-corrected chi connectivity index (χ1v) is 10.5. The van der Waals surface area contributed by atoms with E-state index >= 15 is 0 Å². The third-order valence-electron chi connectivity index (χ3n) is 4.54. The van der Waals surface area contributed by atoms with Gasteiger partial charge in [-0.2, -0.15) is 0 Å². The second-order valence-corrected chi connectivity index (χ2v) is 9.43. The van der Waals surface area contributed by atoms with Crippen LogP contribution >= 0.6 is 32.9 Å². The van der Waals surface area contributed by atoms with E-state index in [1.807, 2.05) is 17.0 Å². The van der Waals surface area contributed by atoms with Crippen molar-refractivity contribution in [2.75, 3.05) is 4.90 Å². The standard InChI is InChI=1S/C19H16N2OS3/c1-11-4-5-14-13(10-11)15-16(24-25-18(15)23)19(2,3)21(14)17(22)12-6-8-20-9-7-12/h4-10H,1-3H3. The maximum absolute atomic E-state index is 13.4. The van der Waals surface area contributed by atoms with Crippen molar-refractivity contribution >= 4 is 44.5 Å². The summed E-state index contributed by atoms with van der Waals surface area (Å²) in [5, 5.41) is 0. The van der Waals surface area contributed by atoms with Crippen LogP contribution in [0, 0.1) is 10.7 Å². The molecule has 0 atom stereocenters. The third kappa shape index (κ3) is 2.47. The normalized spacial score (nSPS) is 14.8. The summed E-state index contributed by atoms with van der Waals surface area (Å²) in [7, 11) is 3.29. The number of fused-ring (bicyclic) bond motifs is 3. The quantitative estimate of drug-likeness (QED) is 0.392. The fourth-order valence-corrected chi connectivity index (χ4v) is 6.61. The Hall–Kier alpha value is -1.89. The van der Waals surface area contributed by atoms with Crippen molar-refractivity contribution in [1.82, 2.24) is 4.98 Å². The number of pyridine rings is 1. The maximum Gasteiger partial charge on any atom is 0.259 e. The van der Waals surface area contributed by atoms with Crippen molar-refractivity contribution in [2.45, 2.75) is 26.3 Å². The number of hydrogen-bond acceptors (Lipinski definition) is 5. The Morgan fingerprint density at radius 3 is 2.60 bits per heavy atom. The molecule has 0 saturated heterocycles. The monoisotopic (exact) mass is 384 g/mol. The Morgan fingerprint density at radius 2 is 1.88 bits per heavy atom. The first-order valence-electron chi connectivity index (χ1n) is 7.90. The van der Waals surface area contributed by atoms with E-state index in [1.165, 1.54) is 0 Å². The number of amides is 1. The first kappa shape index (κ1) is 16.6. The van der Waals surface area contributed by atoms with E-state index in [0.29, 0.717) is 5.56 Å². The van der Waals surface area contributed by atoms with Gasteiger partial charge in [-0.3, -0.25) is 14.7 Å². The SMILES string of the molecule is Cc1ccc2c(c1)-c1c(ssc1=S)C(C)(C)N2C(=O)c1ccncc1. The van der Waals surface area contributed by atoms with Crippen LogP contribution in [0.15, 0.2) is 42.7 Å². The minimum atomic E-state index is -0.462. The summed E-state index contributed by atoms with van der Waals surface area (Å²) in [6.45, 7) is 6.24. The molecule has 0 radical (unpaired) electrons. The van der Waals surface area contributed by atoms with Crippen LogP contribution in [0.1, 0.15) is 34.6 Å². The molecule has 25 heavy (non-hydrogen) atoms. The fraction of sp³-hybridized carbons (Fsp3) is 0.211. The first-order chi connectivity index (χ1) is 11.9. The molecule has 0 N–H and O–H groups in total. The summed E-state index contributed by atoms with van der Waals surface area (Å²) >= 11 is 5.61. The number of hydrogen-bond donors (Lipinski definition) is 0. The van der Waals surface area contributed by atoms with Crippen molar-refractivity contribution in [3.8, 4) is 11.1 Å². The second kappa shape index (κ2) is 5.83. The Balaban J connectivity index is 2.00. The number of aryl methyl sites for hydroxylation is 1. The molecular weight excluding hydrogens is 368 g/mol. The van der Waals surface area contributed by atoms with Crippen molar-refractivity contribution in [3.63, 3.8) is 0 Å². The van der Waals surface area contributed by atoms with Crippen LogP contribution in [-0.2, 0) is 5.54 Å². The molecule has 3 aromatic rings. The molecule has 0 bridgehead atoms. The highest BCUT2D eigenvalue weighted by molar-refractivity contribution is 7.80. The predicted molar refractivity (Wildman–Crippen MR) is 107 cm³/mol. The van der Waals surface area contributed by atoms with Gasteiger partial charge in [0.25, 0.3) is 5.91 Å². The Morgan fingerprint density at radius 1 is 1.16 bits per heavy atom. The van der Waals surface area contributed by atoms with Crippen molar-refractivity contribution in [3.05, 3.63) is 62.6 Å². The molecule has 3 nitrogen and oxygen atoms in total. The molecule has 1 amide bonds. The zero-order valence-corrected chi connectivity index (χ0v) is 16.5. The predicted octanol–water partition coefficient (Wildman–Crippen LogP) is 5.81. The fourth-order valence-electron chi connectivity index (χ4n) is 3.33. The van der Waals surface area contributed by atoms with E-state index in [0.717, 1.165) is 31.1 Å². The van der Waals surface area contributed by atoms with Gasteiger partial charge in [0.05, 0.1) is 16.1 Å². The average molecular weight is 385 g/mol. The van der Waals surface area contributed by atoms with Crippen LogP contribution in [-0.4, -0.2) is 10.9 Å². The molecule has 0 aliphatic carbocycles. The molecule has 4 rings (SSSR count). The van der Waals surface area contributed by atoms with Crippen LogP contribution in [0.3, 0.4) is 0 Å². The summed E-state index contributed by atoms with van der Waals surface area (Å²) in [4.78, 5) is 20.4. The van der Waals surface area contributed by atoms with Gasteiger partial charge in [-0.05, 0) is 45.0 Å². The van der Waals surface area contributed by atoms with Gasteiger partial charge in [0.1, 0.15) is 3.82 Å². The van der Waals surface area contributed by atoms with Gasteiger partial charge in [0.15, 0.2) is 0 Å². The Bertz CT molecular complexity index is 1030. The molecule has 0 unspecified atom stereocenters. The number of aromatic nitrogens is 1. The molecule has 1 aliphatic rings. The molecular formula is C19H16N2OS3. The number of carbonyl (C=O) groups is 1. The van der Waals surface area contributed by atoms with E-state index in [1.54, 1.807) is 45.2 Å². The molecule has 2 aromatic heterocycles. The van der Waals surface area contributed by atoms with Gasteiger partial charge >= 0.3 is 0 Å². The van der Waals surface area contributed by atoms with E-state index in [4.69, 9.17) is 12.2 Å². The number of rotatable bonds is 1. The van der Waals surface area contributed by atoms with Gasteiger partial charge in [0.2, 0.25) is 0 Å². The van der Waals surface area contributed by atoms with E-state index < -0.39 is 5.54 Å². The molecule has 0 saturated carbocycles. The lowest BCUT2D eigenvalue weighted by molar-refractivity contribution is 0.0961. The maximum atomic E-state index is 13.4. The zero-order chi connectivity index (χ0) is 17.8. The molecule has 1 aliphatic heterocycles. The number of carbonyl (C=O) groups excluding carboxylic acids is 1.